The molecule has 0 saturated heterocycles. The number of hydrogen-bond acceptors (Lipinski definition) is 5. The van der Waals surface area contributed by atoms with Crippen LogP contribution in [0.2, 0.25) is 6.04 Å². The molecule has 0 spiro atoms. The molecule has 5 nitrogen and oxygen atoms in total. The number of rotatable bonds is 12. The van der Waals surface area contributed by atoms with Gasteiger partial charge in [-0.05, 0) is 33.6 Å². The molecule has 0 fully saturated rings. The molecular weight excluding hydrogens is 264 g/mol. The van der Waals surface area contributed by atoms with Crippen LogP contribution < -0.4 is 0 Å². The van der Waals surface area contributed by atoms with Crippen molar-refractivity contribution in [3.05, 3.63) is 12.7 Å². The van der Waals surface area contributed by atoms with E-state index in [0.717, 1.165) is 18.9 Å². The van der Waals surface area contributed by atoms with E-state index < -0.39 is 8.80 Å². The van der Waals surface area contributed by atoms with Gasteiger partial charge in [0.05, 0.1) is 6.61 Å². The van der Waals surface area contributed by atoms with Crippen molar-refractivity contribution >= 4 is 14.8 Å². The second-order valence-corrected chi connectivity index (χ2v) is 6.54. The van der Waals surface area contributed by atoms with E-state index in [4.69, 9.17) is 18.0 Å². The molecule has 0 aliphatic heterocycles. The van der Waals surface area contributed by atoms with Crippen molar-refractivity contribution in [1.82, 2.24) is 0 Å². The van der Waals surface area contributed by atoms with Gasteiger partial charge in [-0.25, -0.2) is 4.79 Å². The molecule has 0 heterocycles. The lowest BCUT2D eigenvalue weighted by Gasteiger charge is -2.28. The van der Waals surface area contributed by atoms with Crippen LogP contribution in [-0.4, -0.2) is 41.2 Å². The van der Waals surface area contributed by atoms with Gasteiger partial charge >= 0.3 is 14.8 Å². The van der Waals surface area contributed by atoms with Crippen LogP contribution in [0, 0.1) is 0 Å². The summed E-state index contributed by atoms with van der Waals surface area (Å²) in [5.74, 6) is -0.386. The van der Waals surface area contributed by atoms with E-state index in [2.05, 4.69) is 6.58 Å². The smallest absolute Gasteiger partial charge is 0.463 e. The van der Waals surface area contributed by atoms with Crippen LogP contribution in [0.5, 0.6) is 0 Å². The molecule has 6 heteroatoms. The molecule has 0 aliphatic rings. The predicted octanol–water partition coefficient (Wildman–Crippen LogP) is 2.54. The fraction of sp³-hybridized carbons (Fsp3) is 0.769. The van der Waals surface area contributed by atoms with Gasteiger partial charge in [0, 0.05) is 31.9 Å². The minimum Gasteiger partial charge on any atom is -0.463 e. The normalized spacial score (nSPS) is 11.3. The highest BCUT2D eigenvalue weighted by Crippen LogP contribution is 2.19. The van der Waals surface area contributed by atoms with Crippen molar-refractivity contribution in [1.29, 1.82) is 0 Å². The van der Waals surface area contributed by atoms with Crippen molar-refractivity contribution < 1.29 is 22.8 Å². The van der Waals surface area contributed by atoms with Crippen LogP contribution in [0.25, 0.3) is 0 Å². The van der Waals surface area contributed by atoms with E-state index in [0.29, 0.717) is 26.4 Å². The molecule has 0 saturated carbocycles. The molecule has 0 amide bonds. The molecule has 0 unspecified atom stereocenters. The Morgan fingerprint density at radius 3 is 2.00 bits per heavy atom. The third-order valence-corrected chi connectivity index (χ3v) is 5.53. The summed E-state index contributed by atoms with van der Waals surface area (Å²) in [4.78, 5) is 10.9. The summed E-state index contributed by atoms with van der Waals surface area (Å²) in [5.41, 5.74) is 0. The first-order valence-electron chi connectivity index (χ1n) is 6.85. The van der Waals surface area contributed by atoms with Gasteiger partial charge in [0.15, 0.2) is 0 Å². The van der Waals surface area contributed by atoms with Crippen molar-refractivity contribution in [2.24, 2.45) is 0 Å². The van der Waals surface area contributed by atoms with Crippen LogP contribution in [0.3, 0.4) is 0 Å². The summed E-state index contributed by atoms with van der Waals surface area (Å²) < 4.78 is 22.1. The summed E-state index contributed by atoms with van der Waals surface area (Å²) in [5, 5.41) is 0. The molecule has 0 atom stereocenters. The van der Waals surface area contributed by atoms with Gasteiger partial charge in [0.2, 0.25) is 0 Å². The number of ether oxygens (including phenoxy) is 1. The largest absolute Gasteiger partial charge is 0.500 e. The molecule has 0 bridgehead atoms. The molecule has 0 aromatic carbocycles. The van der Waals surface area contributed by atoms with E-state index >= 15 is 0 Å². The molecule has 0 aromatic rings. The number of carbonyl (C=O) groups is 1. The van der Waals surface area contributed by atoms with Crippen molar-refractivity contribution in [2.45, 2.75) is 39.7 Å². The zero-order chi connectivity index (χ0) is 14.6. The monoisotopic (exact) mass is 290 g/mol. The topological polar surface area (TPSA) is 54.0 Å². The Hall–Kier alpha value is -0.693. The summed E-state index contributed by atoms with van der Waals surface area (Å²) in [7, 11) is -2.54. The maximum atomic E-state index is 10.9. The first-order chi connectivity index (χ1) is 9.14. The molecule has 0 aromatic heterocycles. The highest BCUT2D eigenvalue weighted by molar-refractivity contribution is 6.60. The van der Waals surface area contributed by atoms with E-state index in [1.807, 2.05) is 20.8 Å². The summed E-state index contributed by atoms with van der Waals surface area (Å²) in [6.45, 7) is 11.3. The highest BCUT2D eigenvalue weighted by Gasteiger charge is 2.39. The number of esters is 1. The van der Waals surface area contributed by atoms with Crippen molar-refractivity contribution in [3.8, 4) is 0 Å². The molecule has 112 valence electrons. The minimum atomic E-state index is -2.54. The van der Waals surface area contributed by atoms with Gasteiger partial charge in [0.1, 0.15) is 0 Å². The maximum absolute atomic E-state index is 10.9. The molecule has 0 rings (SSSR count). The average Bonchev–Trinajstić information content (AvgIpc) is 2.39. The van der Waals surface area contributed by atoms with E-state index in [-0.39, 0.29) is 5.97 Å². The standard InChI is InChI=1S/C13H26O5Si/c1-5-13(14)15-11-9-10-12-19(16-6-2,17-7-3)18-8-4/h5H,1,6-12H2,2-4H3. The maximum Gasteiger partial charge on any atom is 0.500 e. The van der Waals surface area contributed by atoms with Gasteiger partial charge in [-0.2, -0.15) is 0 Å². The Morgan fingerprint density at radius 2 is 1.58 bits per heavy atom. The lowest BCUT2D eigenvalue weighted by atomic mass is 10.4. The molecule has 0 N–H and O–H groups in total. The minimum absolute atomic E-state index is 0.386. The van der Waals surface area contributed by atoms with Crippen LogP contribution in [0.4, 0.5) is 0 Å². The van der Waals surface area contributed by atoms with Gasteiger partial charge < -0.3 is 18.0 Å². The first kappa shape index (κ1) is 18.3. The van der Waals surface area contributed by atoms with Crippen molar-refractivity contribution in [2.75, 3.05) is 26.4 Å². The first-order valence-corrected chi connectivity index (χ1v) is 8.78. The second-order valence-electron chi connectivity index (χ2n) is 3.81. The molecule has 0 radical (unpaired) electrons. The molecule has 19 heavy (non-hydrogen) atoms. The predicted molar refractivity (Wildman–Crippen MR) is 75.8 cm³/mol. The summed E-state index contributed by atoms with van der Waals surface area (Å²) in [6.07, 6.45) is 2.78. The summed E-state index contributed by atoms with van der Waals surface area (Å²) >= 11 is 0. The Balaban J connectivity index is 4.09. The highest BCUT2D eigenvalue weighted by atomic mass is 28.4. The van der Waals surface area contributed by atoms with E-state index in [1.54, 1.807) is 0 Å². The van der Waals surface area contributed by atoms with Gasteiger partial charge in [0.25, 0.3) is 0 Å². The number of unbranched alkanes of at least 4 members (excludes halogenated alkanes) is 1. The Morgan fingerprint density at radius 1 is 1.05 bits per heavy atom. The van der Waals surface area contributed by atoms with Gasteiger partial charge in [-0.3, -0.25) is 0 Å². The van der Waals surface area contributed by atoms with Crippen LogP contribution in [0.1, 0.15) is 33.6 Å². The SMILES string of the molecule is C=CC(=O)OCCCC[Si](OCC)(OCC)OCC. The quantitative estimate of drug-likeness (QED) is 0.239. The molecular formula is C13H26O5Si. The third-order valence-electron chi connectivity index (χ3n) is 2.38. The van der Waals surface area contributed by atoms with Crippen LogP contribution >= 0.6 is 0 Å². The number of hydrogen-bond donors (Lipinski definition) is 0. The lowest BCUT2D eigenvalue weighted by molar-refractivity contribution is -0.137. The van der Waals surface area contributed by atoms with E-state index in [9.17, 15) is 4.79 Å². The Kier molecular flexibility index (Phi) is 10.8. The zero-order valence-electron chi connectivity index (χ0n) is 12.3. The van der Waals surface area contributed by atoms with Gasteiger partial charge in [-0.1, -0.05) is 6.58 Å². The average molecular weight is 290 g/mol. The van der Waals surface area contributed by atoms with Crippen LogP contribution in [0.15, 0.2) is 12.7 Å². The lowest BCUT2D eigenvalue weighted by Crippen LogP contribution is -2.45. The fourth-order valence-corrected chi connectivity index (χ4v) is 4.36. The van der Waals surface area contributed by atoms with Crippen LogP contribution in [-0.2, 0) is 22.8 Å². The second kappa shape index (κ2) is 11.2. The van der Waals surface area contributed by atoms with Crippen molar-refractivity contribution in [3.63, 3.8) is 0 Å². The fourth-order valence-electron chi connectivity index (χ4n) is 1.68. The van der Waals surface area contributed by atoms with E-state index in [1.165, 1.54) is 6.08 Å². The Labute approximate surface area is 117 Å². The summed E-state index contributed by atoms with van der Waals surface area (Å²) in [6, 6.07) is 0.744. The van der Waals surface area contributed by atoms with Gasteiger partial charge in [-0.15, -0.1) is 0 Å². The Bertz CT molecular complexity index is 240. The number of carbonyl (C=O) groups excluding carboxylic acids is 1. The zero-order valence-corrected chi connectivity index (χ0v) is 13.3. The molecule has 0 aliphatic carbocycles. The third kappa shape index (κ3) is 8.15.